The zero-order valence-corrected chi connectivity index (χ0v) is 15.4. The summed E-state index contributed by atoms with van der Waals surface area (Å²) in [4.78, 5) is 24.3. The molecule has 2 amide bonds. The Hall–Kier alpha value is -2.54. The van der Waals surface area contributed by atoms with E-state index in [0.717, 1.165) is 18.1 Å². The Morgan fingerprint density at radius 1 is 1.04 bits per heavy atom. The van der Waals surface area contributed by atoms with Gasteiger partial charge in [0, 0.05) is 10.7 Å². The molecule has 0 heterocycles. The lowest BCUT2D eigenvalue weighted by molar-refractivity contribution is -0.137. The minimum Gasteiger partial charge on any atom is -0.318 e. The maximum atomic E-state index is 13.1. The zero-order valence-electron chi connectivity index (χ0n) is 14.7. The fourth-order valence-corrected chi connectivity index (χ4v) is 2.65. The summed E-state index contributed by atoms with van der Waals surface area (Å²) >= 11 is 5.60. The Bertz CT molecular complexity index is 853. The smallest absolute Gasteiger partial charge is 0.318 e. The molecule has 0 aliphatic rings. The van der Waals surface area contributed by atoms with Crippen LogP contribution in [-0.4, -0.2) is 11.8 Å². The van der Waals surface area contributed by atoms with E-state index >= 15 is 0 Å². The van der Waals surface area contributed by atoms with Crippen molar-refractivity contribution in [2.75, 3.05) is 10.6 Å². The largest absolute Gasteiger partial charge is 0.418 e. The number of nitrogens with one attached hydrogen (secondary N) is 2. The molecule has 0 bridgehead atoms. The summed E-state index contributed by atoms with van der Waals surface area (Å²) in [5, 5.41) is 4.32. The molecule has 0 fully saturated rings. The van der Waals surface area contributed by atoms with Gasteiger partial charge in [0.1, 0.15) is 0 Å². The Labute approximate surface area is 159 Å². The van der Waals surface area contributed by atoms with Gasteiger partial charge < -0.3 is 10.6 Å². The summed E-state index contributed by atoms with van der Waals surface area (Å²) in [7, 11) is 0. The Balaban J connectivity index is 2.20. The Morgan fingerprint density at radius 3 is 2.22 bits per heavy atom. The number of hydrogen-bond acceptors (Lipinski definition) is 2. The molecule has 27 heavy (non-hydrogen) atoms. The molecular formula is C19H18ClF3N2O2. The molecule has 8 heteroatoms. The SMILES string of the molecule is CCC(C)c1ccccc1NC(=O)C(=O)Nc1ccc(Cl)cc1C(F)(F)F. The Kier molecular flexibility index (Phi) is 6.49. The molecule has 2 aromatic rings. The third-order valence-electron chi connectivity index (χ3n) is 4.09. The van der Waals surface area contributed by atoms with E-state index in [1.54, 1.807) is 18.2 Å². The number of carbonyl (C=O) groups is 2. The molecule has 0 aliphatic heterocycles. The number of hydrogen-bond donors (Lipinski definition) is 2. The van der Waals surface area contributed by atoms with Crippen LogP contribution in [0.5, 0.6) is 0 Å². The zero-order chi connectivity index (χ0) is 20.2. The van der Waals surface area contributed by atoms with Crippen LogP contribution in [-0.2, 0) is 15.8 Å². The highest BCUT2D eigenvalue weighted by Gasteiger charge is 2.34. The molecule has 0 aromatic heterocycles. The average molecular weight is 399 g/mol. The molecular weight excluding hydrogens is 381 g/mol. The summed E-state index contributed by atoms with van der Waals surface area (Å²) < 4.78 is 39.3. The van der Waals surface area contributed by atoms with Crippen molar-refractivity contribution < 1.29 is 22.8 Å². The van der Waals surface area contributed by atoms with E-state index in [0.29, 0.717) is 11.8 Å². The van der Waals surface area contributed by atoms with Crippen molar-refractivity contribution in [2.24, 2.45) is 0 Å². The van der Waals surface area contributed by atoms with Crippen LogP contribution in [0.3, 0.4) is 0 Å². The van der Waals surface area contributed by atoms with Gasteiger partial charge >= 0.3 is 18.0 Å². The maximum Gasteiger partial charge on any atom is 0.418 e. The van der Waals surface area contributed by atoms with Crippen LogP contribution in [0.2, 0.25) is 5.02 Å². The van der Waals surface area contributed by atoms with Crippen molar-refractivity contribution in [1.82, 2.24) is 0 Å². The number of benzene rings is 2. The second kappa shape index (κ2) is 8.43. The number of amides is 2. The first-order valence-corrected chi connectivity index (χ1v) is 8.59. The molecule has 2 N–H and O–H groups in total. The van der Waals surface area contributed by atoms with E-state index in [4.69, 9.17) is 11.6 Å². The summed E-state index contributed by atoms with van der Waals surface area (Å²) in [6.07, 6.45) is -3.91. The summed E-state index contributed by atoms with van der Waals surface area (Å²) in [5.41, 5.74) is -0.388. The monoisotopic (exact) mass is 398 g/mol. The standard InChI is InChI=1S/C19H18ClF3N2O2/c1-3-11(2)13-6-4-5-7-15(13)24-17(26)18(27)25-16-9-8-12(20)10-14(16)19(21,22)23/h4-11H,3H2,1-2H3,(H,24,26)(H,25,27). The van der Waals surface area contributed by atoms with E-state index in [1.165, 1.54) is 6.07 Å². The van der Waals surface area contributed by atoms with Gasteiger partial charge in [0.15, 0.2) is 0 Å². The normalized spacial score (nSPS) is 12.4. The van der Waals surface area contributed by atoms with E-state index in [1.807, 2.05) is 25.2 Å². The first-order valence-electron chi connectivity index (χ1n) is 8.21. The molecule has 4 nitrogen and oxygen atoms in total. The van der Waals surface area contributed by atoms with E-state index in [-0.39, 0.29) is 10.9 Å². The third kappa shape index (κ3) is 5.23. The van der Waals surface area contributed by atoms with Crippen LogP contribution in [0.1, 0.15) is 37.3 Å². The van der Waals surface area contributed by atoms with Gasteiger partial charge in [-0.1, -0.05) is 43.6 Å². The molecule has 0 aliphatic carbocycles. The number of carbonyl (C=O) groups excluding carboxylic acids is 2. The molecule has 2 rings (SSSR count). The fourth-order valence-electron chi connectivity index (χ4n) is 2.48. The second-order valence-electron chi connectivity index (χ2n) is 5.99. The van der Waals surface area contributed by atoms with Crippen molar-refractivity contribution in [3.63, 3.8) is 0 Å². The summed E-state index contributed by atoms with van der Waals surface area (Å²) in [6.45, 7) is 3.95. The summed E-state index contributed by atoms with van der Waals surface area (Å²) in [6, 6.07) is 9.85. The van der Waals surface area contributed by atoms with Gasteiger partial charge in [0.05, 0.1) is 11.3 Å². The van der Waals surface area contributed by atoms with Crippen molar-refractivity contribution in [3.05, 3.63) is 58.6 Å². The molecule has 1 atom stereocenters. The van der Waals surface area contributed by atoms with Crippen molar-refractivity contribution in [2.45, 2.75) is 32.4 Å². The Morgan fingerprint density at radius 2 is 1.63 bits per heavy atom. The van der Waals surface area contributed by atoms with Crippen molar-refractivity contribution in [1.29, 1.82) is 0 Å². The van der Waals surface area contributed by atoms with Crippen LogP contribution in [0.4, 0.5) is 24.5 Å². The number of para-hydroxylation sites is 1. The first kappa shape index (κ1) is 20.8. The van der Waals surface area contributed by atoms with Gasteiger partial charge in [-0.15, -0.1) is 0 Å². The van der Waals surface area contributed by atoms with Crippen LogP contribution < -0.4 is 10.6 Å². The highest BCUT2D eigenvalue weighted by molar-refractivity contribution is 6.43. The fraction of sp³-hybridized carbons (Fsp3) is 0.263. The molecule has 0 saturated carbocycles. The van der Waals surface area contributed by atoms with Crippen LogP contribution in [0, 0.1) is 0 Å². The van der Waals surface area contributed by atoms with Gasteiger partial charge in [0.25, 0.3) is 0 Å². The number of alkyl halides is 3. The molecule has 2 aromatic carbocycles. The van der Waals surface area contributed by atoms with Gasteiger partial charge in [0.2, 0.25) is 0 Å². The molecule has 1 unspecified atom stereocenters. The van der Waals surface area contributed by atoms with Crippen molar-refractivity contribution in [3.8, 4) is 0 Å². The van der Waals surface area contributed by atoms with Crippen LogP contribution in [0.15, 0.2) is 42.5 Å². The van der Waals surface area contributed by atoms with E-state index in [2.05, 4.69) is 5.32 Å². The van der Waals surface area contributed by atoms with Gasteiger partial charge in [-0.2, -0.15) is 13.2 Å². The highest BCUT2D eigenvalue weighted by atomic mass is 35.5. The lowest BCUT2D eigenvalue weighted by Crippen LogP contribution is -2.30. The number of rotatable bonds is 4. The minimum atomic E-state index is -4.73. The van der Waals surface area contributed by atoms with Gasteiger partial charge in [-0.25, -0.2) is 0 Å². The highest BCUT2D eigenvalue weighted by Crippen LogP contribution is 2.36. The molecule has 144 valence electrons. The van der Waals surface area contributed by atoms with Gasteiger partial charge in [-0.3, -0.25) is 9.59 Å². The maximum absolute atomic E-state index is 13.1. The summed E-state index contributed by atoms with van der Waals surface area (Å²) in [5.74, 6) is -2.13. The average Bonchev–Trinajstić information content (AvgIpc) is 2.62. The quantitative estimate of drug-likeness (QED) is 0.673. The molecule has 0 radical (unpaired) electrons. The third-order valence-corrected chi connectivity index (χ3v) is 4.33. The topological polar surface area (TPSA) is 58.2 Å². The first-order chi connectivity index (χ1) is 12.6. The van der Waals surface area contributed by atoms with E-state index < -0.39 is 29.2 Å². The predicted octanol–water partition coefficient (Wildman–Crippen LogP) is 5.45. The number of anilines is 2. The second-order valence-corrected chi connectivity index (χ2v) is 6.43. The van der Waals surface area contributed by atoms with Crippen LogP contribution >= 0.6 is 11.6 Å². The lowest BCUT2D eigenvalue weighted by Gasteiger charge is -2.16. The van der Waals surface area contributed by atoms with Crippen LogP contribution in [0.25, 0.3) is 0 Å². The van der Waals surface area contributed by atoms with Crippen molar-refractivity contribution >= 4 is 34.8 Å². The lowest BCUT2D eigenvalue weighted by atomic mass is 9.97. The molecule has 0 saturated heterocycles. The minimum absolute atomic E-state index is 0.132. The predicted molar refractivity (Wildman–Crippen MR) is 98.9 cm³/mol. The molecule has 0 spiro atoms. The van der Waals surface area contributed by atoms with Gasteiger partial charge in [-0.05, 0) is 42.2 Å². The van der Waals surface area contributed by atoms with E-state index in [9.17, 15) is 22.8 Å². The number of halogens is 4.